The van der Waals surface area contributed by atoms with Gasteiger partial charge in [0.1, 0.15) is 12.6 Å². The van der Waals surface area contributed by atoms with Gasteiger partial charge in [-0.2, -0.15) is 0 Å². The maximum atomic E-state index is 13.1. The number of rotatable bonds is 12. The Morgan fingerprint density at radius 3 is 2.34 bits per heavy atom. The van der Waals surface area contributed by atoms with Gasteiger partial charge in [0.05, 0.1) is 6.04 Å². The van der Waals surface area contributed by atoms with Crippen molar-refractivity contribution in [2.45, 2.75) is 70.7 Å². The van der Waals surface area contributed by atoms with Gasteiger partial charge in [-0.3, -0.25) is 19.2 Å². The van der Waals surface area contributed by atoms with Crippen LogP contribution in [0.4, 0.5) is 4.79 Å². The summed E-state index contributed by atoms with van der Waals surface area (Å²) >= 11 is 0. The Morgan fingerprint density at radius 2 is 1.74 bits per heavy atom. The first kappa shape index (κ1) is 26.2. The third kappa shape index (κ3) is 8.38. The SMILES string of the molecule is CC(C)CC(NC(=O)OCc1ccccc1)C(=O)NC(CC1CCNC1=O)C(=O)C(=O)NC1CC1. The van der Waals surface area contributed by atoms with Crippen LogP contribution in [-0.4, -0.2) is 54.3 Å². The third-order valence-corrected chi connectivity index (χ3v) is 5.98. The predicted octanol–water partition coefficient (Wildman–Crippen LogP) is 1.19. The number of carbonyl (C=O) groups is 5. The largest absolute Gasteiger partial charge is 0.445 e. The van der Waals surface area contributed by atoms with E-state index in [0.717, 1.165) is 18.4 Å². The van der Waals surface area contributed by atoms with Crippen molar-refractivity contribution in [1.82, 2.24) is 21.3 Å². The summed E-state index contributed by atoms with van der Waals surface area (Å²) in [5.41, 5.74) is 0.801. The summed E-state index contributed by atoms with van der Waals surface area (Å²) in [5, 5.41) is 10.5. The van der Waals surface area contributed by atoms with Crippen molar-refractivity contribution in [2.24, 2.45) is 11.8 Å². The van der Waals surface area contributed by atoms with E-state index in [0.29, 0.717) is 19.4 Å². The second-order valence-corrected chi connectivity index (χ2v) is 9.57. The van der Waals surface area contributed by atoms with E-state index in [1.54, 1.807) is 0 Å². The molecule has 2 fully saturated rings. The molecule has 4 N–H and O–H groups in total. The first-order valence-corrected chi connectivity index (χ1v) is 12.1. The van der Waals surface area contributed by atoms with Gasteiger partial charge in [0.25, 0.3) is 5.91 Å². The number of hydrogen-bond acceptors (Lipinski definition) is 6. The molecule has 1 saturated heterocycles. The first-order valence-electron chi connectivity index (χ1n) is 12.1. The number of ether oxygens (including phenoxy) is 1. The highest BCUT2D eigenvalue weighted by Gasteiger charge is 2.37. The minimum atomic E-state index is -1.17. The molecule has 1 saturated carbocycles. The summed E-state index contributed by atoms with van der Waals surface area (Å²) in [6.07, 6.45) is 1.69. The van der Waals surface area contributed by atoms with E-state index in [2.05, 4.69) is 21.3 Å². The molecule has 0 bridgehead atoms. The number of ketones is 1. The number of amides is 4. The normalized spacial score (nSPS) is 18.8. The van der Waals surface area contributed by atoms with E-state index in [9.17, 15) is 24.0 Å². The number of nitrogens with one attached hydrogen (secondary N) is 4. The first-order chi connectivity index (χ1) is 16.7. The molecule has 10 heteroatoms. The molecule has 1 aromatic carbocycles. The van der Waals surface area contributed by atoms with Gasteiger partial charge in [-0.1, -0.05) is 44.2 Å². The van der Waals surface area contributed by atoms with Crippen molar-refractivity contribution in [2.75, 3.05) is 6.54 Å². The summed E-state index contributed by atoms with van der Waals surface area (Å²) in [6, 6.07) is 6.96. The van der Waals surface area contributed by atoms with Crippen molar-refractivity contribution >= 4 is 29.6 Å². The summed E-state index contributed by atoms with van der Waals surface area (Å²) in [6.45, 7) is 4.32. The topological polar surface area (TPSA) is 143 Å². The van der Waals surface area contributed by atoms with Gasteiger partial charge in [0, 0.05) is 18.5 Å². The summed E-state index contributed by atoms with van der Waals surface area (Å²) in [5.74, 6) is -2.81. The van der Waals surface area contributed by atoms with Crippen LogP contribution in [0.1, 0.15) is 51.5 Å². The number of carbonyl (C=O) groups excluding carboxylic acids is 5. The summed E-state index contributed by atoms with van der Waals surface area (Å²) in [7, 11) is 0. The van der Waals surface area contributed by atoms with Crippen LogP contribution in [0.2, 0.25) is 0 Å². The molecule has 1 aliphatic carbocycles. The van der Waals surface area contributed by atoms with Crippen molar-refractivity contribution in [3.63, 3.8) is 0 Å². The van der Waals surface area contributed by atoms with E-state index in [1.807, 2.05) is 44.2 Å². The molecule has 1 aliphatic heterocycles. The molecule has 1 heterocycles. The Balaban J connectivity index is 1.65. The van der Waals surface area contributed by atoms with Crippen LogP contribution in [0.15, 0.2) is 30.3 Å². The highest BCUT2D eigenvalue weighted by molar-refractivity contribution is 6.38. The summed E-state index contributed by atoms with van der Waals surface area (Å²) in [4.78, 5) is 62.9. The van der Waals surface area contributed by atoms with E-state index >= 15 is 0 Å². The van der Waals surface area contributed by atoms with Crippen LogP contribution in [0.3, 0.4) is 0 Å². The van der Waals surface area contributed by atoms with Crippen molar-refractivity contribution in [3.05, 3.63) is 35.9 Å². The van der Waals surface area contributed by atoms with Crippen LogP contribution in [-0.2, 0) is 30.5 Å². The Morgan fingerprint density at radius 1 is 1.03 bits per heavy atom. The van der Waals surface area contributed by atoms with Gasteiger partial charge in [-0.05, 0) is 43.6 Å². The maximum Gasteiger partial charge on any atom is 0.408 e. The molecule has 0 radical (unpaired) electrons. The lowest BCUT2D eigenvalue weighted by atomic mass is 9.94. The van der Waals surface area contributed by atoms with Gasteiger partial charge >= 0.3 is 6.09 Å². The van der Waals surface area contributed by atoms with Crippen molar-refractivity contribution in [3.8, 4) is 0 Å². The van der Waals surface area contributed by atoms with Gasteiger partial charge in [0.2, 0.25) is 17.6 Å². The average molecular weight is 487 g/mol. The van der Waals surface area contributed by atoms with Crippen molar-refractivity contribution in [1.29, 1.82) is 0 Å². The quantitative estimate of drug-likeness (QED) is 0.327. The van der Waals surface area contributed by atoms with Crippen LogP contribution >= 0.6 is 0 Å². The monoisotopic (exact) mass is 486 g/mol. The molecule has 1 aromatic rings. The van der Waals surface area contributed by atoms with Crippen LogP contribution in [0, 0.1) is 11.8 Å². The highest BCUT2D eigenvalue weighted by atomic mass is 16.5. The molecule has 3 rings (SSSR count). The van der Waals surface area contributed by atoms with Crippen molar-refractivity contribution < 1.29 is 28.7 Å². The highest BCUT2D eigenvalue weighted by Crippen LogP contribution is 2.20. The number of hydrogen-bond donors (Lipinski definition) is 4. The number of benzene rings is 1. The second-order valence-electron chi connectivity index (χ2n) is 9.57. The lowest BCUT2D eigenvalue weighted by Gasteiger charge is -2.24. The molecule has 0 spiro atoms. The molecule has 3 unspecified atom stereocenters. The number of alkyl carbamates (subject to hydrolysis) is 1. The zero-order valence-corrected chi connectivity index (χ0v) is 20.2. The van der Waals surface area contributed by atoms with Crippen LogP contribution in [0.25, 0.3) is 0 Å². The number of Topliss-reactive ketones (excluding diaryl/α,β-unsaturated/α-hetero) is 1. The smallest absolute Gasteiger partial charge is 0.408 e. The Kier molecular flexibility index (Phi) is 9.22. The van der Waals surface area contributed by atoms with Gasteiger partial charge in [-0.25, -0.2) is 4.79 Å². The van der Waals surface area contributed by atoms with Gasteiger partial charge < -0.3 is 26.0 Å². The molecular formula is C25H34N4O6. The third-order valence-electron chi connectivity index (χ3n) is 5.98. The Hall–Kier alpha value is -3.43. The zero-order chi connectivity index (χ0) is 25.4. The maximum absolute atomic E-state index is 13.1. The minimum Gasteiger partial charge on any atom is -0.445 e. The average Bonchev–Trinajstić information content (AvgIpc) is 3.55. The molecule has 0 aromatic heterocycles. The second kappa shape index (κ2) is 12.3. The fourth-order valence-electron chi connectivity index (χ4n) is 3.91. The predicted molar refractivity (Wildman–Crippen MR) is 127 cm³/mol. The van der Waals surface area contributed by atoms with Gasteiger partial charge in [0.15, 0.2) is 0 Å². The molecule has 35 heavy (non-hydrogen) atoms. The fraction of sp³-hybridized carbons (Fsp3) is 0.560. The lowest BCUT2D eigenvalue weighted by Crippen LogP contribution is -2.55. The zero-order valence-electron chi connectivity index (χ0n) is 20.2. The fourth-order valence-corrected chi connectivity index (χ4v) is 3.91. The van der Waals surface area contributed by atoms with Crippen LogP contribution in [0.5, 0.6) is 0 Å². The minimum absolute atomic E-state index is 0.0152. The molecule has 3 atom stereocenters. The van der Waals surface area contributed by atoms with E-state index in [1.165, 1.54) is 0 Å². The molecular weight excluding hydrogens is 452 g/mol. The Bertz CT molecular complexity index is 931. The Labute approximate surface area is 204 Å². The molecule has 190 valence electrons. The molecule has 10 nitrogen and oxygen atoms in total. The molecule has 2 aliphatic rings. The molecule has 4 amide bonds. The van der Waals surface area contributed by atoms with E-state index in [4.69, 9.17) is 4.74 Å². The van der Waals surface area contributed by atoms with Gasteiger partial charge in [-0.15, -0.1) is 0 Å². The standard InChI is InChI=1S/C25H34N4O6/c1-15(2)12-20(29-25(34)35-14-16-6-4-3-5-7-16)23(32)28-19(13-17-10-11-26-22(17)31)21(30)24(33)27-18-8-9-18/h3-7,15,17-20H,8-14H2,1-2H3,(H,26,31)(H,27,33)(H,28,32)(H,29,34). The lowest BCUT2D eigenvalue weighted by molar-refractivity contribution is -0.141. The van der Waals surface area contributed by atoms with Crippen LogP contribution < -0.4 is 21.3 Å². The van der Waals surface area contributed by atoms with E-state index < -0.39 is 41.7 Å². The summed E-state index contributed by atoms with van der Waals surface area (Å²) < 4.78 is 5.24. The van der Waals surface area contributed by atoms with E-state index in [-0.39, 0.29) is 30.9 Å².